The molecule has 1 aliphatic carbocycles. The van der Waals surface area contributed by atoms with Crippen molar-refractivity contribution in [3.63, 3.8) is 0 Å². The van der Waals surface area contributed by atoms with Crippen LogP contribution in [0, 0.1) is 0 Å². The van der Waals surface area contributed by atoms with Crippen LogP contribution in [0.3, 0.4) is 0 Å². The zero-order valence-corrected chi connectivity index (χ0v) is 19.3. The zero-order valence-electron chi connectivity index (χ0n) is 17.7. The van der Waals surface area contributed by atoms with Crippen LogP contribution in [0.15, 0.2) is 64.4 Å². The molecule has 166 valence electrons. The fraction of sp³-hybridized carbons (Fsp3) is 0.458. The van der Waals surface area contributed by atoms with Gasteiger partial charge in [-0.2, -0.15) is 0 Å². The number of carbonyl (C=O) groups is 1. The van der Waals surface area contributed by atoms with E-state index in [1.807, 2.05) is 47.4 Å². The van der Waals surface area contributed by atoms with E-state index in [0.717, 1.165) is 41.2 Å². The summed E-state index contributed by atoms with van der Waals surface area (Å²) in [6.07, 6.45) is 5.93. The average Bonchev–Trinajstić information content (AvgIpc) is 3.14. The highest BCUT2D eigenvalue weighted by Crippen LogP contribution is 2.33. The van der Waals surface area contributed by atoms with Crippen molar-refractivity contribution in [3.8, 4) is 0 Å². The molecule has 2 aromatic carbocycles. The maximum absolute atomic E-state index is 13.3. The number of nitrogens with one attached hydrogen (secondary N) is 1. The second-order valence-electron chi connectivity index (χ2n) is 8.41. The lowest BCUT2D eigenvalue weighted by molar-refractivity contribution is -0.134. The molecule has 1 N–H and O–H groups in total. The lowest BCUT2D eigenvalue weighted by Crippen LogP contribution is -2.50. The van der Waals surface area contributed by atoms with Crippen molar-refractivity contribution in [2.24, 2.45) is 0 Å². The first-order valence-corrected chi connectivity index (χ1v) is 13.7. The van der Waals surface area contributed by atoms with Crippen molar-refractivity contribution in [1.82, 2.24) is 4.90 Å². The van der Waals surface area contributed by atoms with Gasteiger partial charge < -0.3 is 10.2 Å². The SMILES string of the molecule is O=C(CNc1ccccc1Sc1ccccc1)N(C1CCCCC1)C1CCS(=O)(=O)C1. The van der Waals surface area contributed by atoms with Gasteiger partial charge in [-0.25, -0.2) is 8.42 Å². The smallest absolute Gasteiger partial charge is 0.242 e. The van der Waals surface area contributed by atoms with Gasteiger partial charge in [0, 0.05) is 27.6 Å². The largest absolute Gasteiger partial charge is 0.375 e. The van der Waals surface area contributed by atoms with Crippen LogP contribution in [-0.2, 0) is 14.6 Å². The highest BCUT2D eigenvalue weighted by atomic mass is 32.2. The minimum absolute atomic E-state index is 0.00788. The van der Waals surface area contributed by atoms with Crippen molar-refractivity contribution in [1.29, 1.82) is 0 Å². The summed E-state index contributed by atoms with van der Waals surface area (Å²) in [7, 11) is -3.04. The molecule has 1 saturated carbocycles. The van der Waals surface area contributed by atoms with E-state index in [1.54, 1.807) is 11.8 Å². The fourth-order valence-electron chi connectivity index (χ4n) is 4.64. The molecule has 4 rings (SSSR count). The second-order valence-corrected chi connectivity index (χ2v) is 11.8. The number of hydrogen-bond acceptors (Lipinski definition) is 5. The monoisotopic (exact) mass is 458 g/mol. The summed E-state index contributed by atoms with van der Waals surface area (Å²) in [5, 5.41) is 3.34. The van der Waals surface area contributed by atoms with Gasteiger partial charge in [0.2, 0.25) is 5.91 Å². The van der Waals surface area contributed by atoms with Crippen molar-refractivity contribution in [2.75, 3.05) is 23.4 Å². The number of rotatable bonds is 7. The van der Waals surface area contributed by atoms with Gasteiger partial charge in [0.05, 0.1) is 18.1 Å². The molecule has 1 saturated heterocycles. The standard InChI is InChI=1S/C24H30N2O3S2/c27-24(26(19-9-3-1-4-10-19)20-15-16-31(28,29)18-20)17-25-22-13-7-8-14-23(22)30-21-11-5-2-6-12-21/h2,5-8,11-14,19-20,25H,1,3-4,9-10,15-18H2. The Morgan fingerprint density at radius 1 is 0.935 bits per heavy atom. The van der Waals surface area contributed by atoms with E-state index in [2.05, 4.69) is 17.4 Å². The molecule has 1 heterocycles. The Balaban J connectivity index is 1.47. The molecule has 0 spiro atoms. The summed E-state index contributed by atoms with van der Waals surface area (Å²) in [6.45, 7) is 0.180. The molecule has 1 atom stereocenters. The van der Waals surface area contributed by atoms with Crippen LogP contribution in [0.4, 0.5) is 5.69 Å². The van der Waals surface area contributed by atoms with Gasteiger partial charge in [-0.1, -0.05) is 61.4 Å². The van der Waals surface area contributed by atoms with Crippen molar-refractivity contribution in [3.05, 3.63) is 54.6 Å². The van der Waals surface area contributed by atoms with Gasteiger partial charge in [0.15, 0.2) is 9.84 Å². The predicted molar refractivity (Wildman–Crippen MR) is 126 cm³/mol. The Hall–Kier alpha value is -1.99. The molecule has 7 heteroatoms. The molecule has 5 nitrogen and oxygen atoms in total. The summed E-state index contributed by atoms with van der Waals surface area (Å²) in [6, 6.07) is 18.1. The van der Waals surface area contributed by atoms with Gasteiger partial charge in [0.25, 0.3) is 0 Å². The van der Waals surface area contributed by atoms with Crippen LogP contribution < -0.4 is 5.32 Å². The maximum Gasteiger partial charge on any atom is 0.242 e. The molecule has 2 aromatic rings. The first-order valence-electron chi connectivity index (χ1n) is 11.1. The Morgan fingerprint density at radius 2 is 1.65 bits per heavy atom. The Kier molecular flexibility index (Phi) is 7.23. The van der Waals surface area contributed by atoms with Gasteiger partial charge in [-0.15, -0.1) is 0 Å². The number of sulfone groups is 1. The lowest BCUT2D eigenvalue weighted by Gasteiger charge is -2.38. The normalized spacial score (nSPS) is 21.0. The summed E-state index contributed by atoms with van der Waals surface area (Å²) in [4.78, 5) is 17.5. The van der Waals surface area contributed by atoms with Crippen molar-refractivity contribution < 1.29 is 13.2 Å². The third-order valence-corrected chi connectivity index (χ3v) is 8.98. The topological polar surface area (TPSA) is 66.5 Å². The van der Waals surface area contributed by atoms with Crippen LogP contribution in [0.2, 0.25) is 0 Å². The zero-order chi connectivity index (χ0) is 21.7. The van der Waals surface area contributed by atoms with Gasteiger partial charge >= 0.3 is 0 Å². The average molecular weight is 459 g/mol. The van der Waals surface area contributed by atoms with Crippen LogP contribution >= 0.6 is 11.8 Å². The van der Waals surface area contributed by atoms with Gasteiger partial charge in [-0.05, 0) is 43.5 Å². The number of nitrogens with zero attached hydrogens (tertiary/aromatic N) is 1. The van der Waals surface area contributed by atoms with Gasteiger partial charge in [0.1, 0.15) is 0 Å². The van der Waals surface area contributed by atoms with Crippen molar-refractivity contribution >= 4 is 33.2 Å². The highest BCUT2D eigenvalue weighted by Gasteiger charge is 2.38. The Labute approximate surface area is 189 Å². The van der Waals surface area contributed by atoms with Gasteiger partial charge in [-0.3, -0.25) is 4.79 Å². The quantitative estimate of drug-likeness (QED) is 0.657. The van der Waals surface area contributed by atoms with Crippen LogP contribution in [0.5, 0.6) is 0 Å². The Bertz CT molecular complexity index is 989. The highest BCUT2D eigenvalue weighted by molar-refractivity contribution is 7.99. The summed E-state index contributed by atoms with van der Waals surface area (Å²) in [5.41, 5.74) is 0.923. The number of benzene rings is 2. The molecular weight excluding hydrogens is 428 g/mol. The number of amides is 1. The third kappa shape index (κ3) is 5.83. The van der Waals surface area contributed by atoms with E-state index in [1.165, 1.54) is 6.42 Å². The molecule has 31 heavy (non-hydrogen) atoms. The van der Waals surface area contributed by atoms with E-state index < -0.39 is 9.84 Å². The molecule has 1 aliphatic heterocycles. The molecule has 2 aliphatic rings. The molecule has 0 bridgehead atoms. The number of carbonyl (C=O) groups excluding carboxylic acids is 1. The predicted octanol–water partition coefficient (Wildman–Crippen LogP) is 4.60. The van der Waals surface area contributed by atoms with E-state index in [-0.39, 0.29) is 36.0 Å². The van der Waals surface area contributed by atoms with Crippen molar-refractivity contribution in [2.45, 2.75) is 60.4 Å². The second kappa shape index (κ2) is 10.1. The lowest BCUT2D eigenvalue weighted by atomic mass is 9.93. The molecule has 1 unspecified atom stereocenters. The summed E-state index contributed by atoms with van der Waals surface area (Å²) >= 11 is 1.66. The third-order valence-electron chi connectivity index (χ3n) is 6.15. The van der Waals surface area contributed by atoms with E-state index >= 15 is 0 Å². The summed E-state index contributed by atoms with van der Waals surface area (Å²) in [5.74, 6) is 0.307. The van der Waals surface area contributed by atoms with Crippen LogP contribution in [-0.4, -0.2) is 49.4 Å². The van der Waals surface area contributed by atoms with Crippen LogP contribution in [0.25, 0.3) is 0 Å². The Morgan fingerprint density at radius 3 is 2.35 bits per heavy atom. The minimum atomic E-state index is -3.04. The number of para-hydroxylation sites is 1. The van der Waals surface area contributed by atoms with E-state index in [0.29, 0.717) is 6.42 Å². The molecule has 0 aromatic heterocycles. The molecule has 1 amide bonds. The fourth-order valence-corrected chi connectivity index (χ4v) is 7.29. The van der Waals surface area contributed by atoms with Crippen LogP contribution in [0.1, 0.15) is 38.5 Å². The first kappa shape index (κ1) is 22.2. The maximum atomic E-state index is 13.3. The minimum Gasteiger partial charge on any atom is -0.375 e. The molecular formula is C24H30N2O3S2. The van der Waals surface area contributed by atoms with E-state index in [4.69, 9.17) is 0 Å². The number of anilines is 1. The van der Waals surface area contributed by atoms with E-state index in [9.17, 15) is 13.2 Å². The molecule has 0 radical (unpaired) electrons. The number of hydrogen-bond donors (Lipinski definition) is 1. The summed E-state index contributed by atoms with van der Waals surface area (Å²) < 4.78 is 24.2. The molecule has 2 fully saturated rings. The first-order chi connectivity index (χ1) is 15.0.